The maximum atomic E-state index is 12.0. The molecule has 0 bridgehead atoms. The quantitative estimate of drug-likeness (QED) is 0.567. The van der Waals surface area contributed by atoms with Gasteiger partial charge in [0.1, 0.15) is 5.75 Å². The van der Waals surface area contributed by atoms with Crippen molar-refractivity contribution in [3.05, 3.63) is 58.6 Å². The van der Waals surface area contributed by atoms with Gasteiger partial charge in [-0.05, 0) is 61.7 Å². The van der Waals surface area contributed by atoms with Crippen LogP contribution in [-0.2, 0) is 4.79 Å². The normalized spacial score (nSPS) is 16.4. The summed E-state index contributed by atoms with van der Waals surface area (Å²) in [5.74, 6) is 0.430. The number of amides is 2. The standard InChI is InChI=1S/C22H26ClN3O3/c1-14-21(27)26-19-13-16(8-11-20(19)29-14)18(24)5-3-2-4-12-25-22(28)15-6-9-17(23)10-7-15/h6-11,13-14,18H,2-5,12,24H2,1H3,(H,25,28)(H,26,27). The molecule has 1 aliphatic heterocycles. The van der Waals surface area contributed by atoms with Gasteiger partial charge in [0, 0.05) is 23.2 Å². The van der Waals surface area contributed by atoms with Crippen molar-refractivity contribution in [2.75, 3.05) is 11.9 Å². The van der Waals surface area contributed by atoms with Crippen LogP contribution in [0.3, 0.4) is 0 Å². The molecule has 0 radical (unpaired) electrons. The van der Waals surface area contributed by atoms with Gasteiger partial charge < -0.3 is 21.1 Å². The number of rotatable bonds is 8. The van der Waals surface area contributed by atoms with Gasteiger partial charge in [0.2, 0.25) is 0 Å². The first kappa shape index (κ1) is 21.1. The van der Waals surface area contributed by atoms with Crippen LogP contribution in [0.4, 0.5) is 5.69 Å². The van der Waals surface area contributed by atoms with Gasteiger partial charge in [0.25, 0.3) is 11.8 Å². The summed E-state index contributed by atoms with van der Waals surface area (Å²) in [6.45, 7) is 2.34. The first-order valence-corrected chi connectivity index (χ1v) is 10.2. The lowest BCUT2D eigenvalue weighted by molar-refractivity contribution is -0.122. The number of ether oxygens (including phenoxy) is 1. The van der Waals surface area contributed by atoms with E-state index in [2.05, 4.69) is 10.6 Å². The van der Waals surface area contributed by atoms with Crippen molar-refractivity contribution in [2.24, 2.45) is 5.73 Å². The number of benzene rings is 2. The number of nitrogens with one attached hydrogen (secondary N) is 2. The van der Waals surface area contributed by atoms with Crippen molar-refractivity contribution in [3.8, 4) is 5.75 Å². The van der Waals surface area contributed by atoms with Gasteiger partial charge in [-0.2, -0.15) is 0 Å². The summed E-state index contributed by atoms with van der Waals surface area (Å²) in [5, 5.41) is 6.37. The fourth-order valence-electron chi connectivity index (χ4n) is 3.19. The van der Waals surface area contributed by atoms with Crippen molar-refractivity contribution in [1.29, 1.82) is 0 Å². The zero-order valence-corrected chi connectivity index (χ0v) is 17.2. The van der Waals surface area contributed by atoms with Crippen LogP contribution in [0.15, 0.2) is 42.5 Å². The minimum Gasteiger partial charge on any atom is -0.479 e. The Kier molecular flexibility index (Phi) is 7.12. The highest BCUT2D eigenvalue weighted by atomic mass is 35.5. The average molecular weight is 416 g/mol. The van der Waals surface area contributed by atoms with Gasteiger partial charge in [-0.3, -0.25) is 9.59 Å². The molecule has 0 spiro atoms. The van der Waals surface area contributed by atoms with E-state index in [0.29, 0.717) is 28.6 Å². The Hall–Kier alpha value is -2.57. The summed E-state index contributed by atoms with van der Waals surface area (Å²) in [4.78, 5) is 23.8. The molecule has 0 aromatic heterocycles. The number of fused-ring (bicyclic) bond motifs is 1. The van der Waals surface area contributed by atoms with E-state index < -0.39 is 6.10 Å². The lowest BCUT2D eigenvalue weighted by Gasteiger charge is -2.24. The van der Waals surface area contributed by atoms with Crippen molar-refractivity contribution >= 4 is 29.1 Å². The highest BCUT2D eigenvalue weighted by Gasteiger charge is 2.24. The van der Waals surface area contributed by atoms with E-state index in [4.69, 9.17) is 22.1 Å². The molecule has 154 valence electrons. The Morgan fingerprint density at radius 1 is 1.21 bits per heavy atom. The zero-order valence-electron chi connectivity index (χ0n) is 16.4. The molecule has 4 N–H and O–H groups in total. The molecule has 2 atom stereocenters. The molecule has 1 heterocycles. The monoisotopic (exact) mass is 415 g/mol. The third kappa shape index (κ3) is 5.71. The highest BCUT2D eigenvalue weighted by Crippen LogP contribution is 2.32. The molecule has 0 fully saturated rings. The Labute approximate surface area is 175 Å². The van der Waals surface area contributed by atoms with Gasteiger partial charge in [-0.15, -0.1) is 0 Å². The predicted octanol–water partition coefficient (Wildman–Crippen LogP) is 4.05. The number of halogens is 1. The van der Waals surface area contributed by atoms with Gasteiger partial charge in [-0.1, -0.05) is 30.5 Å². The molecule has 2 unspecified atom stereocenters. The second-order valence-electron chi connectivity index (χ2n) is 7.22. The lowest BCUT2D eigenvalue weighted by atomic mass is 10.00. The molecule has 0 aliphatic carbocycles. The van der Waals surface area contributed by atoms with Crippen LogP contribution in [0.2, 0.25) is 5.02 Å². The molecule has 2 aromatic rings. The van der Waals surface area contributed by atoms with E-state index in [1.807, 2.05) is 18.2 Å². The van der Waals surface area contributed by atoms with Crippen LogP contribution in [0.5, 0.6) is 5.75 Å². The third-order valence-electron chi connectivity index (χ3n) is 4.95. The minimum absolute atomic E-state index is 0.0917. The summed E-state index contributed by atoms with van der Waals surface area (Å²) in [6.07, 6.45) is 3.15. The maximum absolute atomic E-state index is 12.0. The number of hydrogen-bond donors (Lipinski definition) is 3. The molecule has 3 rings (SSSR count). The first-order valence-electron chi connectivity index (χ1n) is 9.85. The SMILES string of the molecule is CC1Oc2ccc(C(N)CCCCCNC(=O)c3ccc(Cl)cc3)cc2NC1=O. The maximum Gasteiger partial charge on any atom is 0.265 e. The van der Waals surface area contributed by atoms with Crippen LogP contribution in [-0.4, -0.2) is 24.5 Å². The van der Waals surface area contributed by atoms with Gasteiger partial charge >= 0.3 is 0 Å². The Morgan fingerprint density at radius 3 is 2.72 bits per heavy atom. The molecule has 2 amide bonds. The highest BCUT2D eigenvalue weighted by molar-refractivity contribution is 6.30. The number of unbranched alkanes of at least 4 members (excludes halogenated alkanes) is 2. The van der Waals surface area contributed by atoms with E-state index >= 15 is 0 Å². The molecule has 1 aliphatic rings. The zero-order chi connectivity index (χ0) is 20.8. The molecule has 6 nitrogen and oxygen atoms in total. The number of hydrogen-bond acceptors (Lipinski definition) is 4. The number of anilines is 1. The second-order valence-corrected chi connectivity index (χ2v) is 7.66. The summed E-state index contributed by atoms with van der Waals surface area (Å²) < 4.78 is 5.57. The van der Waals surface area contributed by atoms with Crippen molar-refractivity contribution < 1.29 is 14.3 Å². The first-order chi connectivity index (χ1) is 13.9. The Balaban J connectivity index is 1.37. The predicted molar refractivity (Wildman–Crippen MR) is 114 cm³/mol. The molecule has 0 saturated carbocycles. The van der Waals surface area contributed by atoms with E-state index in [1.54, 1.807) is 31.2 Å². The summed E-state index contributed by atoms with van der Waals surface area (Å²) in [5.41, 5.74) is 8.56. The Morgan fingerprint density at radius 2 is 1.97 bits per heavy atom. The van der Waals surface area contributed by atoms with E-state index in [9.17, 15) is 9.59 Å². The molecule has 29 heavy (non-hydrogen) atoms. The molecule has 2 aromatic carbocycles. The van der Waals surface area contributed by atoms with Crippen LogP contribution >= 0.6 is 11.6 Å². The van der Waals surface area contributed by atoms with Crippen LogP contribution < -0.4 is 21.1 Å². The van der Waals surface area contributed by atoms with Crippen molar-refractivity contribution in [1.82, 2.24) is 5.32 Å². The van der Waals surface area contributed by atoms with Gasteiger partial charge in [-0.25, -0.2) is 0 Å². The summed E-state index contributed by atoms with van der Waals surface area (Å²) in [7, 11) is 0. The fourth-order valence-corrected chi connectivity index (χ4v) is 3.32. The van der Waals surface area contributed by atoms with E-state index in [0.717, 1.165) is 31.2 Å². The minimum atomic E-state index is -0.484. The average Bonchev–Trinajstić information content (AvgIpc) is 2.71. The summed E-state index contributed by atoms with van der Waals surface area (Å²) >= 11 is 5.83. The number of carbonyl (C=O) groups excluding carboxylic acids is 2. The molecular formula is C22H26ClN3O3. The third-order valence-corrected chi connectivity index (χ3v) is 5.20. The van der Waals surface area contributed by atoms with Gasteiger partial charge in [0.05, 0.1) is 5.69 Å². The number of carbonyl (C=O) groups is 2. The molecule has 7 heteroatoms. The molecular weight excluding hydrogens is 390 g/mol. The largest absolute Gasteiger partial charge is 0.479 e. The van der Waals surface area contributed by atoms with E-state index in [-0.39, 0.29) is 17.9 Å². The van der Waals surface area contributed by atoms with Crippen LogP contribution in [0, 0.1) is 0 Å². The van der Waals surface area contributed by atoms with E-state index in [1.165, 1.54) is 0 Å². The second kappa shape index (κ2) is 9.76. The fraction of sp³-hybridized carbons (Fsp3) is 0.364. The van der Waals surface area contributed by atoms with Crippen LogP contribution in [0.1, 0.15) is 54.6 Å². The Bertz CT molecular complexity index is 870. The number of nitrogens with two attached hydrogens (primary N) is 1. The lowest BCUT2D eigenvalue weighted by Crippen LogP contribution is -2.34. The molecule has 0 saturated heterocycles. The van der Waals surface area contributed by atoms with Crippen molar-refractivity contribution in [2.45, 2.75) is 44.8 Å². The van der Waals surface area contributed by atoms with Gasteiger partial charge in [0.15, 0.2) is 6.10 Å². The summed E-state index contributed by atoms with van der Waals surface area (Å²) in [6, 6.07) is 12.4. The van der Waals surface area contributed by atoms with Crippen LogP contribution in [0.25, 0.3) is 0 Å². The smallest absolute Gasteiger partial charge is 0.265 e. The topological polar surface area (TPSA) is 93.4 Å². The van der Waals surface area contributed by atoms with Crippen molar-refractivity contribution in [3.63, 3.8) is 0 Å².